The molecule has 0 spiro atoms. The van der Waals surface area contributed by atoms with E-state index < -0.39 is 0 Å². The first-order chi connectivity index (χ1) is 13.6. The molecule has 1 aliphatic heterocycles. The Morgan fingerprint density at radius 2 is 1.89 bits per heavy atom. The average molecular weight is 411 g/mol. The van der Waals surface area contributed by atoms with Crippen LogP contribution in [0.4, 0.5) is 0 Å². The lowest BCUT2D eigenvalue weighted by atomic mass is 10.0. The number of rotatable bonds is 5. The first kappa shape index (κ1) is 18.8. The van der Waals surface area contributed by atoms with Crippen molar-refractivity contribution in [3.8, 4) is 0 Å². The molecule has 142 valence electrons. The summed E-state index contributed by atoms with van der Waals surface area (Å²) in [5.74, 6) is 0.692. The molecule has 0 radical (unpaired) electrons. The lowest BCUT2D eigenvalue weighted by Crippen LogP contribution is -2.33. The van der Waals surface area contributed by atoms with Crippen LogP contribution >= 0.6 is 23.4 Å². The van der Waals surface area contributed by atoms with E-state index >= 15 is 0 Å². The van der Waals surface area contributed by atoms with Crippen LogP contribution in [0.25, 0.3) is 0 Å². The molecule has 0 fully saturated rings. The normalized spacial score (nSPS) is 17.4. The number of hydrogen-bond donors (Lipinski definition) is 0. The summed E-state index contributed by atoms with van der Waals surface area (Å²) in [6, 6.07) is 20.9. The molecule has 0 saturated carbocycles. The first-order valence-corrected chi connectivity index (χ1v) is 10.3. The van der Waals surface area contributed by atoms with Gasteiger partial charge in [-0.1, -0.05) is 41.9 Å². The minimum atomic E-state index is -0.270. The molecule has 2 aromatic carbocycles. The Kier molecular flexibility index (Phi) is 5.55. The number of carbonyl (C=O) groups excluding carboxylic acids is 1. The van der Waals surface area contributed by atoms with Crippen molar-refractivity contribution in [2.45, 2.75) is 29.5 Å². The molecule has 4 rings (SSSR count). The SMILES string of the molecule is CC(Sc1ccccc1)C(=O)N1N=C(c2ccc(Cl)cc2)CC1c1ccco1. The number of carbonyl (C=O) groups is 1. The van der Waals surface area contributed by atoms with E-state index in [9.17, 15) is 4.79 Å². The number of benzene rings is 2. The molecule has 2 unspecified atom stereocenters. The second-order valence-electron chi connectivity index (χ2n) is 6.54. The van der Waals surface area contributed by atoms with Crippen LogP contribution in [0, 0.1) is 0 Å². The van der Waals surface area contributed by atoms with Crippen molar-refractivity contribution in [2.75, 3.05) is 0 Å². The summed E-state index contributed by atoms with van der Waals surface area (Å²) in [5.41, 5.74) is 1.81. The van der Waals surface area contributed by atoms with Crippen molar-refractivity contribution in [1.29, 1.82) is 0 Å². The molecule has 0 N–H and O–H groups in total. The summed E-state index contributed by atoms with van der Waals surface area (Å²) in [6.45, 7) is 1.91. The maximum atomic E-state index is 13.2. The van der Waals surface area contributed by atoms with Crippen LogP contribution in [0.3, 0.4) is 0 Å². The molecule has 0 saturated heterocycles. The number of halogens is 1. The van der Waals surface area contributed by atoms with E-state index in [1.165, 1.54) is 11.8 Å². The molecular weight excluding hydrogens is 392 g/mol. The number of hydrogen-bond acceptors (Lipinski definition) is 4. The third-order valence-electron chi connectivity index (χ3n) is 4.59. The number of amides is 1. The zero-order valence-corrected chi connectivity index (χ0v) is 16.9. The molecule has 28 heavy (non-hydrogen) atoms. The van der Waals surface area contributed by atoms with Gasteiger partial charge >= 0.3 is 0 Å². The van der Waals surface area contributed by atoms with Crippen LogP contribution in [-0.2, 0) is 4.79 Å². The van der Waals surface area contributed by atoms with Crippen LogP contribution in [0.15, 0.2) is 87.4 Å². The molecule has 0 bridgehead atoms. The molecule has 2 atom stereocenters. The Bertz CT molecular complexity index is 972. The van der Waals surface area contributed by atoms with E-state index in [2.05, 4.69) is 5.10 Å². The Hall–Kier alpha value is -2.50. The highest BCUT2D eigenvalue weighted by Gasteiger charge is 2.36. The van der Waals surface area contributed by atoms with Gasteiger partial charge in [0.25, 0.3) is 5.91 Å². The lowest BCUT2D eigenvalue weighted by molar-refractivity contribution is -0.132. The molecule has 4 nitrogen and oxygen atoms in total. The van der Waals surface area contributed by atoms with Crippen molar-refractivity contribution in [1.82, 2.24) is 5.01 Å². The summed E-state index contributed by atoms with van der Waals surface area (Å²) in [5, 5.41) is 6.65. The van der Waals surface area contributed by atoms with Crippen LogP contribution in [-0.4, -0.2) is 21.9 Å². The van der Waals surface area contributed by atoms with Gasteiger partial charge in [0, 0.05) is 16.3 Å². The second kappa shape index (κ2) is 8.25. The van der Waals surface area contributed by atoms with Crippen LogP contribution in [0.5, 0.6) is 0 Å². The van der Waals surface area contributed by atoms with Gasteiger partial charge in [-0.2, -0.15) is 5.10 Å². The Morgan fingerprint density at radius 1 is 1.14 bits per heavy atom. The molecular formula is C22H19ClN2O2S. The van der Waals surface area contributed by atoms with Crippen LogP contribution in [0.2, 0.25) is 5.02 Å². The van der Waals surface area contributed by atoms with Crippen LogP contribution in [0.1, 0.15) is 30.7 Å². The van der Waals surface area contributed by atoms with Crippen molar-refractivity contribution in [3.05, 3.63) is 89.3 Å². The zero-order valence-electron chi connectivity index (χ0n) is 15.3. The lowest BCUT2D eigenvalue weighted by Gasteiger charge is -2.23. The van der Waals surface area contributed by atoms with E-state index in [0.717, 1.165) is 21.9 Å². The maximum Gasteiger partial charge on any atom is 0.256 e. The van der Waals surface area contributed by atoms with Gasteiger partial charge in [0.1, 0.15) is 11.8 Å². The molecule has 3 aromatic rings. The molecule has 1 amide bonds. The largest absolute Gasteiger partial charge is 0.467 e. The predicted octanol–water partition coefficient (Wildman–Crippen LogP) is 5.79. The van der Waals surface area contributed by atoms with Crippen molar-refractivity contribution in [2.24, 2.45) is 5.10 Å². The van der Waals surface area contributed by atoms with Crippen molar-refractivity contribution >= 4 is 35.0 Å². The fourth-order valence-electron chi connectivity index (χ4n) is 3.17. The molecule has 0 aliphatic carbocycles. The van der Waals surface area contributed by atoms with Crippen LogP contribution < -0.4 is 0 Å². The minimum absolute atomic E-state index is 0.0424. The third-order valence-corrected chi connectivity index (χ3v) is 5.94. The monoisotopic (exact) mass is 410 g/mol. The summed E-state index contributed by atoms with van der Waals surface area (Å²) < 4.78 is 5.60. The van der Waals surface area contributed by atoms with E-state index in [0.29, 0.717) is 11.4 Å². The van der Waals surface area contributed by atoms with Gasteiger partial charge in [-0.25, -0.2) is 5.01 Å². The highest BCUT2D eigenvalue weighted by molar-refractivity contribution is 8.00. The highest BCUT2D eigenvalue weighted by atomic mass is 35.5. The molecule has 6 heteroatoms. The molecule has 1 aromatic heterocycles. The minimum Gasteiger partial charge on any atom is -0.467 e. The zero-order chi connectivity index (χ0) is 19.5. The Morgan fingerprint density at radius 3 is 2.57 bits per heavy atom. The number of hydrazone groups is 1. The predicted molar refractivity (Wildman–Crippen MR) is 113 cm³/mol. The summed E-state index contributed by atoms with van der Waals surface area (Å²) in [6.07, 6.45) is 2.23. The number of nitrogens with zero attached hydrogens (tertiary/aromatic N) is 2. The summed E-state index contributed by atoms with van der Waals surface area (Å²) in [4.78, 5) is 14.3. The average Bonchev–Trinajstić information content (AvgIpc) is 3.38. The van der Waals surface area contributed by atoms with Gasteiger partial charge in [0.2, 0.25) is 0 Å². The topological polar surface area (TPSA) is 45.8 Å². The second-order valence-corrected chi connectivity index (χ2v) is 8.40. The van der Waals surface area contributed by atoms with Gasteiger partial charge in [-0.05, 0) is 48.9 Å². The van der Waals surface area contributed by atoms with Crippen molar-refractivity contribution < 1.29 is 9.21 Å². The number of thioether (sulfide) groups is 1. The van der Waals surface area contributed by atoms with Gasteiger partial charge in [-0.3, -0.25) is 4.79 Å². The maximum absolute atomic E-state index is 13.2. The molecule has 2 heterocycles. The van der Waals surface area contributed by atoms with E-state index in [-0.39, 0.29) is 17.2 Å². The van der Waals surface area contributed by atoms with Gasteiger partial charge in [-0.15, -0.1) is 11.8 Å². The van der Waals surface area contributed by atoms with E-state index in [1.807, 2.05) is 73.7 Å². The summed E-state index contributed by atoms with van der Waals surface area (Å²) in [7, 11) is 0. The highest BCUT2D eigenvalue weighted by Crippen LogP contribution is 2.35. The van der Waals surface area contributed by atoms with Crippen molar-refractivity contribution in [3.63, 3.8) is 0 Å². The van der Waals surface area contributed by atoms with Gasteiger partial charge in [0.05, 0.1) is 17.2 Å². The fourth-order valence-corrected chi connectivity index (χ4v) is 4.23. The first-order valence-electron chi connectivity index (χ1n) is 9.03. The number of furan rings is 1. The van der Waals surface area contributed by atoms with Gasteiger partial charge in [0.15, 0.2) is 0 Å². The van der Waals surface area contributed by atoms with E-state index in [4.69, 9.17) is 16.0 Å². The Labute approximate surface area is 173 Å². The smallest absolute Gasteiger partial charge is 0.256 e. The fraction of sp³-hybridized carbons (Fsp3) is 0.182. The van der Waals surface area contributed by atoms with Gasteiger partial charge < -0.3 is 4.42 Å². The standard InChI is InChI=1S/C22H19ClN2O2S/c1-15(28-18-6-3-2-4-7-18)22(26)25-20(21-8-5-13-27-21)14-19(24-25)16-9-11-17(23)12-10-16/h2-13,15,20H,14H2,1H3. The quantitative estimate of drug-likeness (QED) is 0.500. The third kappa shape index (κ3) is 4.01. The Balaban J connectivity index is 1.60. The van der Waals surface area contributed by atoms with E-state index in [1.54, 1.807) is 11.3 Å². The molecule has 1 aliphatic rings. The summed E-state index contributed by atoms with van der Waals surface area (Å²) >= 11 is 7.53.